The van der Waals surface area contributed by atoms with Crippen LogP contribution in [0.4, 0.5) is 24.5 Å². The summed E-state index contributed by atoms with van der Waals surface area (Å²) in [6.07, 6.45) is -4.63. The molecule has 0 heterocycles. The lowest BCUT2D eigenvalue weighted by Crippen LogP contribution is -2.34. The highest BCUT2D eigenvalue weighted by atomic mass is 127. The molecule has 0 atom stereocenters. The van der Waals surface area contributed by atoms with Crippen LogP contribution in [0.25, 0.3) is 0 Å². The molecule has 0 aromatic heterocycles. The Balaban J connectivity index is 2.19. The van der Waals surface area contributed by atoms with E-state index in [1.807, 2.05) is 0 Å². The van der Waals surface area contributed by atoms with Crippen LogP contribution < -0.4 is 15.4 Å². The van der Waals surface area contributed by atoms with Crippen LogP contribution in [0.15, 0.2) is 36.4 Å². The van der Waals surface area contributed by atoms with Gasteiger partial charge in [0.15, 0.2) is 10.9 Å². The number of nitrogens with zero attached hydrogens (tertiary/aromatic N) is 1. The quantitative estimate of drug-likeness (QED) is 0.247. The van der Waals surface area contributed by atoms with Crippen LogP contribution in [0, 0.1) is 13.7 Å². The molecule has 2 N–H and O–H groups in total. The number of nitrogens with one attached hydrogen (secondary N) is 2. The molecule has 0 aliphatic rings. The molecule has 0 bridgehead atoms. The maximum Gasteiger partial charge on any atom is 0.418 e. The van der Waals surface area contributed by atoms with Gasteiger partial charge in [0.05, 0.1) is 22.8 Å². The molecule has 2 aromatic carbocycles. The number of anilines is 1. The van der Waals surface area contributed by atoms with Gasteiger partial charge in [-0.05, 0) is 72.1 Å². The minimum absolute atomic E-state index is 0.0107. The van der Waals surface area contributed by atoms with Crippen LogP contribution >= 0.6 is 34.8 Å². The van der Waals surface area contributed by atoms with Gasteiger partial charge in [0.25, 0.3) is 5.91 Å². The first-order valence-electron chi connectivity index (χ1n) is 7.93. The van der Waals surface area contributed by atoms with Gasteiger partial charge in [-0.2, -0.15) is 13.2 Å². The van der Waals surface area contributed by atoms with Gasteiger partial charge in [-0.25, -0.2) is 0 Å². The van der Waals surface area contributed by atoms with E-state index >= 15 is 0 Å². The smallest absolute Gasteiger partial charge is 0.418 e. The normalized spacial score (nSPS) is 10.9. The fourth-order valence-electron chi connectivity index (χ4n) is 2.27. The molecule has 0 aliphatic carbocycles. The predicted octanol–water partition coefficient (Wildman–Crippen LogP) is 4.74. The van der Waals surface area contributed by atoms with Gasteiger partial charge in [0.2, 0.25) is 0 Å². The predicted molar refractivity (Wildman–Crippen MR) is 112 cm³/mol. The van der Waals surface area contributed by atoms with Crippen LogP contribution in [0.1, 0.15) is 22.8 Å². The summed E-state index contributed by atoms with van der Waals surface area (Å²) in [5.74, 6) is -0.837. The molecule has 0 fully saturated rings. The minimum atomic E-state index is -4.63. The Hall–Kier alpha value is -2.48. The zero-order chi connectivity index (χ0) is 21.8. The van der Waals surface area contributed by atoms with Crippen molar-refractivity contribution in [3.8, 4) is 5.75 Å². The van der Waals surface area contributed by atoms with Crippen molar-refractivity contribution < 1.29 is 27.6 Å². The molecule has 0 unspecified atom stereocenters. The van der Waals surface area contributed by atoms with Gasteiger partial charge < -0.3 is 10.1 Å². The van der Waals surface area contributed by atoms with E-state index in [9.17, 15) is 28.1 Å². The van der Waals surface area contributed by atoms with Gasteiger partial charge in [-0.15, -0.1) is 0 Å². The molecular weight excluding hydrogens is 526 g/mol. The molecule has 154 valence electrons. The van der Waals surface area contributed by atoms with Crippen LogP contribution in [-0.4, -0.2) is 22.5 Å². The molecule has 0 radical (unpaired) electrons. The Morgan fingerprint density at radius 3 is 2.55 bits per heavy atom. The van der Waals surface area contributed by atoms with Crippen molar-refractivity contribution in [2.24, 2.45) is 0 Å². The van der Waals surface area contributed by atoms with E-state index in [1.54, 1.807) is 29.5 Å². The highest BCUT2D eigenvalue weighted by Crippen LogP contribution is 2.35. The maximum atomic E-state index is 13.2. The average molecular weight is 539 g/mol. The largest absolute Gasteiger partial charge is 0.487 e. The third-order valence-electron chi connectivity index (χ3n) is 3.48. The Bertz CT molecular complexity index is 969. The number of carbonyl (C=O) groups excluding carboxylic acids is 1. The van der Waals surface area contributed by atoms with E-state index in [1.165, 1.54) is 24.3 Å². The summed E-state index contributed by atoms with van der Waals surface area (Å²) >= 11 is 6.65. The molecular formula is C17H13F3IN3O4S. The highest BCUT2D eigenvalue weighted by molar-refractivity contribution is 14.1. The van der Waals surface area contributed by atoms with Crippen molar-refractivity contribution in [1.29, 1.82) is 0 Å². The zero-order valence-corrected chi connectivity index (χ0v) is 17.6. The van der Waals surface area contributed by atoms with E-state index < -0.39 is 33.4 Å². The van der Waals surface area contributed by atoms with Gasteiger partial charge in [-0.1, -0.05) is 0 Å². The first-order chi connectivity index (χ1) is 13.5. The first-order valence-corrected chi connectivity index (χ1v) is 9.42. The lowest BCUT2D eigenvalue weighted by atomic mass is 10.1. The standard InChI is InChI=1S/C17H13F3IN3O4S/c1-2-28-14-6-3-9(7-13(14)24(26)27)15(25)23-16(29)22-12-5-4-10(21)8-11(12)17(18,19)20/h3-8H,2H2,1H3,(H2,22,23,25,29). The molecule has 0 saturated heterocycles. The van der Waals surface area contributed by atoms with Gasteiger partial charge >= 0.3 is 11.9 Å². The third-order valence-corrected chi connectivity index (χ3v) is 4.36. The van der Waals surface area contributed by atoms with Crippen LogP contribution in [-0.2, 0) is 6.18 Å². The van der Waals surface area contributed by atoms with Crippen molar-refractivity contribution in [1.82, 2.24) is 5.32 Å². The first kappa shape index (κ1) is 22.8. The molecule has 12 heteroatoms. The summed E-state index contributed by atoms with van der Waals surface area (Å²) in [6.45, 7) is 1.84. The lowest BCUT2D eigenvalue weighted by molar-refractivity contribution is -0.385. The summed E-state index contributed by atoms with van der Waals surface area (Å²) < 4.78 is 45.0. The lowest BCUT2D eigenvalue weighted by Gasteiger charge is -2.16. The number of nitro groups is 1. The number of amides is 1. The number of hydrogen-bond acceptors (Lipinski definition) is 5. The number of halogens is 4. The molecule has 1 amide bonds. The minimum Gasteiger partial charge on any atom is -0.487 e. The molecule has 7 nitrogen and oxygen atoms in total. The monoisotopic (exact) mass is 539 g/mol. The Morgan fingerprint density at radius 2 is 1.97 bits per heavy atom. The molecule has 0 spiro atoms. The summed E-state index contributed by atoms with van der Waals surface area (Å²) in [5, 5.41) is 15.3. The fraction of sp³-hybridized carbons (Fsp3) is 0.176. The Kier molecular flexibility index (Phi) is 7.35. The number of hydrogen-bond donors (Lipinski definition) is 2. The van der Waals surface area contributed by atoms with E-state index in [0.29, 0.717) is 3.57 Å². The van der Waals surface area contributed by atoms with Crippen molar-refractivity contribution in [2.75, 3.05) is 11.9 Å². The number of carbonyl (C=O) groups is 1. The fourth-order valence-corrected chi connectivity index (χ4v) is 2.96. The van der Waals surface area contributed by atoms with Crippen LogP contribution in [0.5, 0.6) is 5.75 Å². The second kappa shape index (κ2) is 9.35. The van der Waals surface area contributed by atoms with E-state index in [4.69, 9.17) is 17.0 Å². The topological polar surface area (TPSA) is 93.5 Å². The van der Waals surface area contributed by atoms with Crippen LogP contribution in [0.3, 0.4) is 0 Å². The number of thiocarbonyl (C=S) groups is 1. The second-order valence-electron chi connectivity index (χ2n) is 5.47. The van der Waals surface area contributed by atoms with Gasteiger partial charge in [0, 0.05) is 15.2 Å². The molecule has 2 rings (SSSR count). The highest BCUT2D eigenvalue weighted by Gasteiger charge is 2.34. The third kappa shape index (κ3) is 6.00. The summed E-state index contributed by atoms with van der Waals surface area (Å²) in [4.78, 5) is 22.7. The summed E-state index contributed by atoms with van der Waals surface area (Å²) in [5.41, 5.74) is -1.81. The van der Waals surface area contributed by atoms with E-state index in [-0.39, 0.29) is 23.6 Å². The van der Waals surface area contributed by atoms with Gasteiger partial charge in [0.1, 0.15) is 0 Å². The molecule has 0 aliphatic heterocycles. The number of alkyl halides is 3. The van der Waals surface area contributed by atoms with Gasteiger partial charge in [-0.3, -0.25) is 20.2 Å². The number of rotatable bonds is 5. The second-order valence-corrected chi connectivity index (χ2v) is 7.12. The maximum absolute atomic E-state index is 13.2. The van der Waals surface area contributed by atoms with Crippen molar-refractivity contribution in [2.45, 2.75) is 13.1 Å². The van der Waals surface area contributed by atoms with Crippen LogP contribution in [0.2, 0.25) is 0 Å². The Labute approximate surface area is 181 Å². The average Bonchev–Trinajstić information content (AvgIpc) is 2.62. The molecule has 2 aromatic rings. The number of nitro benzene ring substituents is 1. The molecule has 0 saturated carbocycles. The van der Waals surface area contributed by atoms with E-state index in [0.717, 1.165) is 12.1 Å². The van der Waals surface area contributed by atoms with Crippen molar-refractivity contribution in [3.63, 3.8) is 0 Å². The number of ether oxygens (including phenoxy) is 1. The summed E-state index contributed by atoms with van der Waals surface area (Å²) in [7, 11) is 0. The molecule has 29 heavy (non-hydrogen) atoms. The summed E-state index contributed by atoms with van der Waals surface area (Å²) in [6, 6.07) is 7.09. The van der Waals surface area contributed by atoms with E-state index in [2.05, 4.69) is 10.6 Å². The van der Waals surface area contributed by atoms with Crippen molar-refractivity contribution in [3.05, 3.63) is 61.2 Å². The SMILES string of the molecule is CCOc1ccc(C(=O)NC(=S)Nc2ccc(I)cc2C(F)(F)F)cc1[N+](=O)[O-]. The van der Waals surface area contributed by atoms with Crippen molar-refractivity contribution >= 4 is 57.2 Å². The Morgan fingerprint density at radius 1 is 1.28 bits per heavy atom. The number of benzene rings is 2. The zero-order valence-electron chi connectivity index (χ0n) is 14.7.